The van der Waals surface area contributed by atoms with Crippen molar-refractivity contribution in [2.45, 2.75) is 19.4 Å². The van der Waals surface area contributed by atoms with Crippen molar-refractivity contribution in [3.8, 4) is 5.75 Å². The minimum atomic E-state index is -1.37. The predicted octanol–water partition coefficient (Wildman–Crippen LogP) is 3.19. The lowest BCUT2D eigenvalue weighted by Gasteiger charge is -2.21. The zero-order valence-electron chi connectivity index (χ0n) is 12.1. The first-order valence-electron chi connectivity index (χ1n) is 6.76. The first-order chi connectivity index (χ1) is 10.4. The zero-order chi connectivity index (χ0) is 15.9. The molecule has 1 heterocycles. The molecule has 0 radical (unpaired) electrons. The Morgan fingerprint density at radius 1 is 1.09 bits per heavy atom. The zero-order valence-corrected chi connectivity index (χ0v) is 12.1. The maximum absolute atomic E-state index is 12.0. The smallest absolute Gasteiger partial charge is 0.347 e. The highest BCUT2D eigenvalue weighted by Gasteiger charge is 2.29. The van der Waals surface area contributed by atoms with Crippen LogP contribution in [0.25, 0.3) is 21.7 Å². The molecule has 0 bridgehead atoms. The van der Waals surface area contributed by atoms with Crippen LogP contribution >= 0.6 is 0 Å². The van der Waals surface area contributed by atoms with Crippen LogP contribution < -0.4 is 10.4 Å². The van der Waals surface area contributed by atoms with Gasteiger partial charge in [0.2, 0.25) is 0 Å². The van der Waals surface area contributed by atoms with Crippen molar-refractivity contribution in [3.63, 3.8) is 0 Å². The number of aliphatic carboxylic acids is 1. The second kappa shape index (κ2) is 4.87. The van der Waals surface area contributed by atoms with Crippen LogP contribution in [-0.4, -0.2) is 16.7 Å². The SMILES string of the molecule is CC(C)(Oc1ccc2c(c1)oc(=O)c1ccccc12)C(=O)O. The fraction of sp³-hybridized carbons (Fsp3) is 0.176. The van der Waals surface area contributed by atoms with Crippen LogP contribution in [0.15, 0.2) is 51.7 Å². The van der Waals surface area contributed by atoms with Crippen LogP contribution in [0.3, 0.4) is 0 Å². The molecular formula is C17H14O5. The Labute approximate surface area is 125 Å². The minimum absolute atomic E-state index is 0.332. The van der Waals surface area contributed by atoms with Gasteiger partial charge in [0.25, 0.3) is 0 Å². The number of carbonyl (C=O) groups is 1. The van der Waals surface area contributed by atoms with Gasteiger partial charge in [0, 0.05) is 11.5 Å². The van der Waals surface area contributed by atoms with Gasteiger partial charge in [-0.25, -0.2) is 9.59 Å². The van der Waals surface area contributed by atoms with Crippen molar-refractivity contribution in [2.75, 3.05) is 0 Å². The van der Waals surface area contributed by atoms with Gasteiger partial charge in [-0.05, 0) is 37.4 Å². The summed E-state index contributed by atoms with van der Waals surface area (Å²) in [5, 5.41) is 11.2. The van der Waals surface area contributed by atoms with Crippen LogP contribution in [-0.2, 0) is 4.79 Å². The summed E-state index contributed by atoms with van der Waals surface area (Å²) in [7, 11) is 0. The number of hydrogen-bond acceptors (Lipinski definition) is 4. The summed E-state index contributed by atoms with van der Waals surface area (Å²) < 4.78 is 10.8. The number of rotatable bonds is 3. The molecule has 3 aromatic rings. The normalized spacial score (nSPS) is 11.7. The van der Waals surface area contributed by atoms with E-state index in [-0.39, 0.29) is 0 Å². The quantitative estimate of drug-likeness (QED) is 0.593. The summed E-state index contributed by atoms with van der Waals surface area (Å²) in [6, 6.07) is 12.1. The topological polar surface area (TPSA) is 76.7 Å². The molecule has 112 valence electrons. The highest BCUT2D eigenvalue weighted by Crippen LogP contribution is 2.28. The standard InChI is InChI=1S/C17H14O5/c1-17(2,16(19)20)22-10-7-8-12-11-5-3-4-6-13(11)15(18)21-14(12)9-10/h3-9H,1-2H3,(H,19,20). The lowest BCUT2D eigenvalue weighted by atomic mass is 10.1. The molecule has 5 nitrogen and oxygen atoms in total. The Balaban J connectivity index is 2.17. The van der Waals surface area contributed by atoms with Crippen molar-refractivity contribution < 1.29 is 19.1 Å². The molecule has 0 spiro atoms. The Morgan fingerprint density at radius 3 is 2.45 bits per heavy atom. The van der Waals surface area contributed by atoms with Crippen molar-refractivity contribution in [2.24, 2.45) is 0 Å². The molecule has 5 heteroatoms. The molecule has 0 unspecified atom stereocenters. The average Bonchev–Trinajstić information content (AvgIpc) is 2.47. The van der Waals surface area contributed by atoms with E-state index in [0.29, 0.717) is 16.7 Å². The molecule has 0 saturated heterocycles. The van der Waals surface area contributed by atoms with Crippen molar-refractivity contribution >= 4 is 27.7 Å². The van der Waals surface area contributed by atoms with Crippen LogP contribution in [0.2, 0.25) is 0 Å². The molecule has 0 saturated carbocycles. The number of fused-ring (bicyclic) bond motifs is 3. The van der Waals surface area contributed by atoms with Crippen LogP contribution in [0.4, 0.5) is 0 Å². The van der Waals surface area contributed by atoms with Crippen LogP contribution in [0, 0.1) is 0 Å². The van der Waals surface area contributed by atoms with E-state index in [4.69, 9.17) is 14.3 Å². The van der Waals surface area contributed by atoms with Gasteiger partial charge in [-0.1, -0.05) is 18.2 Å². The fourth-order valence-electron chi connectivity index (χ4n) is 2.26. The summed E-state index contributed by atoms with van der Waals surface area (Å²) in [4.78, 5) is 23.1. The molecule has 22 heavy (non-hydrogen) atoms. The number of hydrogen-bond donors (Lipinski definition) is 1. The van der Waals surface area contributed by atoms with E-state index in [0.717, 1.165) is 10.8 Å². The average molecular weight is 298 g/mol. The third-order valence-corrected chi connectivity index (χ3v) is 3.48. The van der Waals surface area contributed by atoms with E-state index in [2.05, 4.69) is 0 Å². The van der Waals surface area contributed by atoms with Gasteiger partial charge < -0.3 is 14.3 Å². The summed E-state index contributed by atoms with van der Waals surface area (Å²) in [5.41, 5.74) is -1.44. The molecule has 2 aromatic carbocycles. The predicted molar refractivity (Wildman–Crippen MR) is 82.3 cm³/mol. The minimum Gasteiger partial charge on any atom is -0.478 e. The largest absolute Gasteiger partial charge is 0.478 e. The third kappa shape index (κ3) is 2.30. The Hall–Kier alpha value is -2.82. The molecule has 1 aromatic heterocycles. The summed E-state index contributed by atoms with van der Waals surface area (Å²) in [6.07, 6.45) is 0. The van der Waals surface area contributed by atoms with E-state index in [1.165, 1.54) is 19.9 Å². The van der Waals surface area contributed by atoms with Gasteiger partial charge >= 0.3 is 11.6 Å². The Morgan fingerprint density at radius 2 is 1.77 bits per heavy atom. The maximum Gasteiger partial charge on any atom is 0.347 e. The van der Waals surface area contributed by atoms with Gasteiger partial charge in [-0.3, -0.25) is 0 Å². The van der Waals surface area contributed by atoms with Crippen LogP contribution in [0.5, 0.6) is 5.75 Å². The monoisotopic (exact) mass is 298 g/mol. The Kier molecular flexibility index (Phi) is 3.13. The maximum atomic E-state index is 12.0. The van der Waals surface area contributed by atoms with Crippen molar-refractivity contribution in [1.82, 2.24) is 0 Å². The highest BCUT2D eigenvalue weighted by molar-refractivity contribution is 6.04. The lowest BCUT2D eigenvalue weighted by Crippen LogP contribution is -2.37. The van der Waals surface area contributed by atoms with Gasteiger partial charge in [0.05, 0.1) is 5.39 Å². The second-order valence-corrected chi connectivity index (χ2v) is 5.51. The molecule has 0 atom stereocenters. The van der Waals surface area contributed by atoms with Gasteiger partial charge in [-0.15, -0.1) is 0 Å². The summed E-state index contributed by atoms with van der Waals surface area (Å²) in [6.45, 7) is 2.91. The highest BCUT2D eigenvalue weighted by atomic mass is 16.5. The molecule has 0 fully saturated rings. The molecule has 3 rings (SSSR count). The van der Waals surface area contributed by atoms with E-state index in [9.17, 15) is 9.59 Å². The third-order valence-electron chi connectivity index (χ3n) is 3.48. The van der Waals surface area contributed by atoms with E-state index >= 15 is 0 Å². The molecule has 0 aliphatic rings. The lowest BCUT2D eigenvalue weighted by molar-refractivity contribution is -0.152. The molecule has 1 N–H and O–H groups in total. The van der Waals surface area contributed by atoms with E-state index < -0.39 is 17.2 Å². The van der Waals surface area contributed by atoms with E-state index in [1.54, 1.807) is 24.3 Å². The molecule has 0 aliphatic heterocycles. The van der Waals surface area contributed by atoms with Gasteiger partial charge in [-0.2, -0.15) is 0 Å². The van der Waals surface area contributed by atoms with Crippen LogP contribution in [0.1, 0.15) is 13.8 Å². The molecule has 0 aliphatic carbocycles. The summed E-state index contributed by atoms with van der Waals surface area (Å²) in [5.74, 6) is -0.745. The van der Waals surface area contributed by atoms with Crippen molar-refractivity contribution in [3.05, 3.63) is 52.9 Å². The molecular weight excluding hydrogens is 284 g/mol. The van der Waals surface area contributed by atoms with E-state index in [1.807, 2.05) is 12.1 Å². The van der Waals surface area contributed by atoms with Gasteiger partial charge in [0.1, 0.15) is 11.3 Å². The first-order valence-corrected chi connectivity index (χ1v) is 6.76. The number of carboxylic acids is 1. The second-order valence-electron chi connectivity index (χ2n) is 5.51. The summed E-state index contributed by atoms with van der Waals surface area (Å²) >= 11 is 0. The molecule has 0 amide bonds. The Bertz CT molecular complexity index is 937. The first kappa shape index (κ1) is 14.1. The van der Waals surface area contributed by atoms with Crippen molar-refractivity contribution in [1.29, 1.82) is 0 Å². The number of carboxylic acid groups (broad SMARTS) is 1. The fourth-order valence-corrected chi connectivity index (χ4v) is 2.26. The number of ether oxygens (including phenoxy) is 1. The van der Waals surface area contributed by atoms with Gasteiger partial charge in [0.15, 0.2) is 5.60 Å². The number of benzene rings is 2.